The SMILES string of the molecule is Cc1nc(N[C@H](C)c2cccc(C(F)F)c2F)c2cc(C3CCN(C(=O)OCc4ccccc4)CC3)c(Cl)nc2n1. The third-order valence-electron chi connectivity index (χ3n) is 7.29. The smallest absolute Gasteiger partial charge is 0.410 e. The molecule has 0 unspecified atom stereocenters. The van der Waals surface area contributed by atoms with Gasteiger partial charge in [0.25, 0.3) is 6.43 Å². The number of aryl methyl sites for hydroxylation is 1. The molecule has 1 aliphatic rings. The van der Waals surface area contributed by atoms with Crippen LogP contribution >= 0.6 is 11.6 Å². The number of nitrogens with zero attached hydrogens (tertiary/aromatic N) is 4. The first-order chi connectivity index (χ1) is 19.7. The molecule has 3 heterocycles. The molecule has 2 aromatic heterocycles. The molecule has 5 rings (SSSR count). The Morgan fingerprint density at radius 2 is 1.78 bits per heavy atom. The topological polar surface area (TPSA) is 80.2 Å². The Kier molecular flexibility index (Phi) is 8.58. The van der Waals surface area contributed by atoms with Gasteiger partial charge in [0.2, 0.25) is 0 Å². The van der Waals surface area contributed by atoms with Crippen LogP contribution in [0.2, 0.25) is 5.15 Å². The molecule has 2 aromatic carbocycles. The molecule has 4 aromatic rings. The summed E-state index contributed by atoms with van der Waals surface area (Å²) in [6.45, 7) is 4.58. The zero-order chi connectivity index (χ0) is 29.1. The average molecular weight is 584 g/mol. The number of hydrogen-bond donors (Lipinski definition) is 1. The lowest BCUT2D eigenvalue weighted by Crippen LogP contribution is -2.38. The van der Waals surface area contributed by atoms with Gasteiger partial charge >= 0.3 is 6.09 Å². The van der Waals surface area contributed by atoms with E-state index in [0.717, 1.165) is 17.2 Å². The molecular formula is C30H29ClF3N5O2. The third-order valence-corrected chi connectivity index (χ3v) is 7.59. The number of rotatable bonds is 7. The fraction of sp³-hybridized carbons (Fsp3) is 0.333. The molecular weight excluding hydrogens is 555 g/mol. The van der Waals surface area contributed by atoms with Crippen molar-refractivity contribution < 1.29 is 22.7 Å². The molecule has 11 heteroatoms. The van der Waals surface area contributed by atoms with E-state index in [4.69, 9.17) is 16.3 Å². The first-order valence-corrected chi connectivity index (χ1v) is 13.7. The lowest BCUT2D eigenvalue weighted by molar-refractivity contribution is 0.0870. The van der Waals surface area contributed by atoms with Gasteiger partial charge in [-0.05, 0) is 49.8 Å². The van der Waals surface area contributed by atoms with Gasteiger partial charge in [-0.3, -0.25) is 0 Å². The summed E-state index contributed by atoms with van der Waals surface area (Å²) in [5.74, 6) is -0.0975. The fourth-order valence-corrected chi connectivity index (χ4v) is 5.38. The van der Waals surface area contributed by atoms with Crippen LogP contribution in [-0.2, 0) is 11.3 Å². The second-order valence-corrected chi connectivity index (χ2v) is 10.4. The molecule has 1 N–H and O–H groups in total. The van der Waals surface area contributed by atoms with E-state index in [0.29, 0.717) is 53.8 Å². The number of hydrogen-bond acceptors (Lipinski definition) is 6. The summed E-state index contributed by atoms with van der Waals surface area (Å²) < 4.78 is 46.8. The molecule has 0 spiro atoms. The maximum atomic E-state index is 14.8. The molecule has 1 aliphatic heterocycles. The zero-order valence-electron chi connectivity index (χ0n) is 22.6. The maximum absolute atomic E-state index is 14.8. The van der Waals surface area contributed by atoms with Crippen LogP contribution in [0, 0.1) is 12.7 Å². The van der Waals surface area contributed by atoms with Crippen LogP contribution in [0.3, 0.4) is 0 Å². The number of aromatic nitrogens is 3. The molecule has 7 nitrogen and oxygen atoms in total. The largest absolute Gasteiger partial charge is 0.445 e. The van der Waals surface area contributed by atoms with Crippen molar-refractivity contribution >= 4 is 34.5 Å². The minimum absolute atomic E-state index is 0.0318. The minimum atomic E-state index is -2.92. The van der Waals surface area contributed by atoms with E-state index in [9.17, 15) is 18.0 Å². The molecule has 214 valence electrons. The molecule has 0 saturated carbocycles. The van der Waals surface area contributed by atoms with E-state index < -0.39 is 23.8 Å². The minimum Gasteiger partial charge on any atom is -0.445 e. The number of ether oxygens (including phenoxy) is 1. The van der Waals surface area contributed by atoms with Crippen molar-refractivity contribution in [2.24, 2.45) is 0 Å². The van der Waals surface area contributed by atoms with Gasteiger partial charge in [0, 0.05) is 18.7 Å². The molecule has 1 saturated heterocycles. The number of nitrogens with one attached hydrogen (secondary N) is 1. The number of carbonyl (C=O) groups is 1. The monoisotopic (exact) mass is 583 g/mol. The van der Waals surface area contributed by atoms with Gasteiger partial charge < -0.3 is 15.0 Å². The summed E-state index contributed by atoms with van der Waals surface area (Å²) in [6.07, 6.45) is -1.96. The average Bonchev–Trinajstić information content (AvgIpc) is 2.96. The number of fused-ring (bicyclic) bond motifs is 1. The molecule has 1 amide bonds. The first-order valence-electron chi connectivity index (χ1n) is 13.3. The molecule has 1 atom stereocenters. The highest BCUT2D eigenvalue weighted by Crippen LogP contribution is 2.36. The number of alkyl halides is 2. The maximum Gasteiger partial charge on any atom is 0.410 e. The normalized spacial score (nSPS) is 14.9. The van der Waals surface area contributed by atoms with Gasteiger partial charge in [-0.15, -0.1) is 0 Å². The van der Waals surface area contributed by atoms with Crippen molar-refractivity contribution in [3.05, 3.63) is 93.6 Å². The molecule has 0 radical (unpaired) electrons. The van der Waals surface area contributed by atoms with E-state index in [1.165, 1.54) is 12.1 Å². The number of likely N-dealkylation sites (tertiary alicyclic amines) is 1. The first kappa shape index (κ1) is 28.6. The van der Waals surface area contributed by atoms with Gasteiger partial charge in [-0.2, -0.15) is 0 Å². The highest BCUT2D eigenvalue weighted by atomic mass is 35.5. The number of carbonyl (C=O) groups excluding carboxylic acids is 1. The van der Waals surface area contributed by atoms with Crippen LogP contribution in [-0.4, -0.2) is 39.0 Å². The van der Waals surface area contributed by atoms with E-state index in [1.54, 1.807) is 18.7 Å². The van der Waals surface area contributed by atoms with Gasteiger partial charge in [0.15, 0.2) is 5.65 Å². The summed E-state index contributed by atoms with van der Waals surface area (Å²) in [5.41, 5.74) is 1.53. The number of anilines is 1. The van der Waals surface area contributed by atoms with E-state index >= 15 is 0 Å². The van der Waals surface area contributed by atoms with Crippen LogP contribution in [0.1, 0.15) is 66.2 Å². The summed E-state index contributed by atoms with van der Waals surface area (Å²) in [5, 5.41) is 4.06. The highest BCUT2D eigenvalue weighted by molar-refractivity contribution is 6.30. The standard InChI is InChI=1S/C30H29ClF3N5O2/c1-17(21-9-6-10-22(25(21)32)27(33)34)35-28-24-15-23(26(31)38-29(24)37-18(2)36-28)20-11-13-39(14-12-20)30(40)41-16-19-7-4-3-5-8-19/h3-10,15,17,20,27H,11-14,16H2,1-2H3,(H,35,36,37,38)/t17-/m1/s1. The third kappa shape index (κ3) is 6.37. The summed E-state index contributed by atoms with van der Waals surface area (Å²) >= 11 is 6.61. The zero-order valence-corrected chi connectivity index (χ0v) is 23.3. The van der Waals surface area contributed by atoms with Crippen LogP contribution in [0.4, 0.5) is 23.8 Å². The number of benzene rings is 2. The van der Waals surface area contributed by atoms with Gasteiger partial charge in [-0.1, -0.05) is 60.1 Å². The van der Waals surface area contributed by atoms with Crippen LogP contribution in [0.5, 0.6) is 0 Å². The Balaban J connectivity index is 1.33. The van der Waals surface area contributed by atoms with Gasteiger partial charge in [-0.25, -0.2) is 32.9 Å². The molecule has 0 bridgehead atoms. The number of piperidine rings is 1. The van der Waals surface area contributed by atoms with Gasteiger partial charge in [0.1, 0.15) is 29.2 Å². The fourth-order valence-electron chi connectivity index (χ4n) is 5.09. The predicted octanol–water partition coefficient (Wildman–Crippen LogP) is 7.75. The van der Waals surface area contributed by atoms with E-state index in [2.05, 4.69) is 20.3 Å². The number of amides is 1. The lowest BCUT2D eigenvalue weighted by atomic mass is 9.90. The Hall–Kier alpha value is -3.92. The van der Waals surface area contributed by atoms with Crippen molar-refractivity contribution in [2.75, 3.05) is 18.4 Å². The van der Waals surface area contributed by atoms with E-state index in [1.807, 2.05) is 36.4 Å². The van der Waals surface area contributed by atoms with Crippen molar-refractivity contribution in [3.63, 3.8) is 0 Å². The Labute approximate surface area is 240 Å². The van der Waals surface area contributed by atoms with Crippen molar-refractivity contribution in [3.8, 4) is 0 Å². The number of halogens is 4. The summed E-state index contributed by atoms with van der Waals surface area (Å²) in [6, 6.07) is 14.7. The quantitative estimate of drug-likeness (QED) is 0.224. The molecule has 0 aliphatic carbocycles. The summed E-state index contributed by atoms with van der Waals surface area (Å²) in [7, 11) is 0. The summed E-state index contributed by atoms with van der Waals surface area (Å²) in [4.78, 5) is 27.7. The Morgan fingerprint density at radius 3 is 2.49 bits per heavy atom. The molecule has 41 heavy (non-hydrogen) atoms. The second-order valence-electron chi connectivity index (χ2n) is 10.1. The van der Waals surface area contributed by atoms with Crippen molar-refractivity contribution in [1.82, 2.24) is 19.9 Å². The van der Waals surface area contributed by atoms with Crippen LogP contribution < -0.4 is 5.32 Å². The Morgan fingerprint density at radius 1 is 1.07 bits per heavy atom. The van der Waals surface area contributed by atoms with Crippen molar-refractivity contribution in [2.45, 2.75) is 51.7 Å². The number of pyridine rings is 1. The van der Waals surface area contributed by atoms with Crippen molar-refractivity contribution in [1.29, 1.82) is 0 Å². The highest BCUT2D eigenvalue weighted by Gasteiger charge is 2.28. The van der Waals surface area contributed by atoms with Crippen LogP contribution in [0.15, 0.2) is 54.6 Å². The van der Waals surface area contributed by atoms with Crippen LogP contribution in [0.25, 0.3) is 11.0 Å². The van der Waals surface area contributed by atoms with E-state index in [-0.39, 0.29) is 24.2 Å². The lowest BCUT2D eigenvalue weighted by Gasteiger charge is -2.31. The predicted molar refractivity (Wildman–Crippen MR) is 151 cm³/mol. The van der Waals surface area contributed by atoms with Gasteiger partial charge in [0.05, 0.1) is 17.0 Å². The molecule has 1 fully saturated rings. The second kappa shape index (κ2) is 12.3. The Bertz CT molecular complexity index is 1550.